The van der Waals surface area contributed by atoms with E-state index in [0.29, 0.717) is 56.1 Å². The molecule has 1 unspecified atom stereocenters. The van der Waals surface area contributed by atoms with E-state index >= 15 is 0 Å². The summed E-state index contributed by atoms with van der Waals surface area (Å²) < 4.78 is 16.4. The van der Waals surface area contributed by atoms with E-state index < -0.39 is 0 Å². The predicted octanol–water partition coefficient (Wildman–Crippen LogP) is 1.95. The predicted molar refractivity (Wildman–Crippen MR) is 117 cm³/mol. The van der Waals surface area contributed by atoms with Crippen LogP contribution in [0.15, 0.2) is 64.5 Å². The maximum atomic E-state index is 12.8. The van der Waals surface area contributed by atoms with Crippen LogP contribution in [0.5, 0.6) is 0 Å². The number of hydrogen-bond acceptors (Lipinski definition) is 9. The number of fused-ring (bicyclic) bond motifs is 3. The minimum atomic E-state index is -0.298. The molecule has 0 aromatic carbocycles. The van der Waals surface area contributed by atoms with Crippen molar-refractivity contribution >= 4 is 17.6 Å². The van der Waals surface area contributed by atoms with Crippen molar-refractivity contribution in [3.63, 3.8) is 0 Å². The Morgan fingerprint density at radius 2 is 2.22 bits per heavy atom. The number of aliphatic imine (C=N–C) groups is 1. The molecule has 3 aliphatic rings. The van der Waals surface area contributed by atoms with Gasteiger partial charge in [0.15, 0.2) is 5.78 Å². The van der Waals surface area contributed by atoms with Crippen LogP contribution in [0.3, 0.4) is 0 Å². The Morgan fingerprint density at radius 3 is 2.97 bits per heavy atom. The van der Waals surface area contributed by atoms with E-state index in [0.717, 1.165) is 17.1 Å². The fourth-order valence-electron chi connectivity index (χ4n) is 3.92. The maximum absolute atomic E-state index is 12.8. The number of pyridine rings is 1. The maximum Gasteiger partial charge on any atom is 0.305 e. The molecule has 1 atom stereocenters. The van der Waals surface area contributed by atoms with Crippen LogP contribution in [-0.4, -0.2) is 67.5 Å². The van der Waals surface area contributed by atoms with Crippen LogP contribution in [0.2, 0.25) is 0 Å². The van der Waals surface area contributed by atoms with Gasteiger partial charge in [0, 0.05) is 49.2 Å². The Hall–Kier alpha value is -3.46. The Labute approximate surface area is 186 Å². The molecule has 1 saturated heterocycles. The van der Waals surface area contributed by atoms with Crippen molar-refractivity contribution in [3.05, 3.63) is 65.1 Å². The highest BCUT2D eigenvalue weighted by atomic mass is 16.5. The number of rotatable bonds is 8. The average molecular weight is 438 g/mol. The number of nitrogens with zero attached hydrogens (tertiary/aromatic N) is 3. The highest BCUT2D eigenvalue weighted by Crippen LogP contribution is 2.34. The van der Waals surface area contributed by atoms with Crippen molar-refractivity contribution < 1.29 is 23.8 Å². The standard InChI is InChI=1S/C23H26N4O5/c1-30-20(29)6-4-12-32-18-8-7-16-21(22(18)31-2)26-19(27-11-10-25-23(16)27)13-17(28)15-5-3-9-24-14-15/h3,5,7,9,13-14,18,26H,4,6,8,10-12H2,1-2H3. The van der Waals surface area contributed by atoms with Crippen molar-refractivity contribution in [1.82, 2.24) is 15.2 Å². The molecule has 1 aromatic heterocycles. The molecule has 1 N–H and O–H groups in total. The molecule has 1 aromatic rings. The summed E-state index contributed by atoms with van der Waals surface area (Å²) in [6.45, 7) is 1.74. The monoisotopic (exact) mass is 438 g/mol. The van der Waals surface area contributed by atoms with E-state index in [1.165, 1.54) is 7.11 Å². The number of nitrogens with one attached hydrogen (secondary N) is 1. The molecule has 4 rings (SSSR count). The smallest absolute Gasteiger partial charge is 0.305 e. The first kappa shape index (κ1) is 21.8. The SMILES string of the molecule is COC(=O)CCCOC1CC=C2C3=NCCN3C(=CC(=O)c3cccnc3)NC2=C1OC. The molecular formula is C23H26N4O5. The number of carbonyl (C=O) groups is 2. The number of ketones is 1. The van der Waals surface area contributed by atoms with Crippen LogP contribution in [0, 0.1) is 0 Å². The van der Waals surface area contributed by atoms with Crippen LogP contribution in [0.1, 0.15) is 29.6 Å². The lowest BCUT2D eigenvalue weighted by Crippen LogP contribution is -2.45. The lowest BCUT2D eigenvalue weighted by atomic mass is 9.95. The molecule has 9 nitrogen and oxygen atoms in total. The molecule has 0 amide bonds. The van der Waals surface area contributed by atoms with Crippen LogP contribution in [-0.2, 0) is 19.0 Å². The highest BCUT2D eigenvalue weighted by Gasteiger charge is 2.38. The van der Waals surface area contributed by atoms with Crippen molar-refractivity contribution in [2.24, 2.45) is 4.99 Å². The third-order valence-corrected chi connectivity index (χ3v) is 5.48. The summed E-state index contributed by atoms with van der Waals surface area (Å²) in [5.41, 5.74) is 2.20. The van der Waals surface area contributed by atoms with Gasteiger partial charge in [-0.25, -0.2) is 0 Å². The first-order valence-corrected chi connectivity index (χ1v) is 10.5. The zero-order valence-electron chi connectivity index (χ0n) is 18.2. The van der Waals surface area contributed by atoms with Gasteiger partial charge in [0.2, 0.25) is 0 Å². The van der Waals surface area contributed by atoms with E-state index in [1.54, 1.807) is 37.7 Å². The van der Waals surface area contributed by atoms with Gasteiger partial charge < -0.3 is 24.4 Å². The fraction of sp³-hybridized carbons (Fsp3) is 0.391. The van der Waals surface area contributed by atoms with Gasteiger partial charge in [0.25, 0.3) is 0 Å². The normalized spacial score (nSPS) is 20.8. The number of amidine groups is 1. The van der Waals surface area contributed by atoms with Gasteiger partial charge in [0.05, 0.1) is 26.5 Å². The molecule has 32 heavy (non-hydrogen) atoms. The van der Waals surface area contributed by atoms with Gasteiger partial charge in [0.1, 0.15) is 23.5 Å². The summed E-state index contributed by atoms with van der Waals surface area (Å²) in [4.78, 5) is 34.8. The van der Waals surface area contributed by atoms with Crippen LogP contribution < -0.4 is 5.32 Å². The van der Waals surface area contributed by atoms with E-state index in [-0.39, 0.29) is 17.9 Å². The first-order valence-electron chi connectivity index (χ1n) is 10.5. The largest absolute Gasteiger partial charge is 0.496 e. The van der Waals surface area contributed by atoms with Crippen molar-refractivity contribution in [1.29, 1.82) is 0 Å². The van der Waals surface area contributed by atoms with Crippen molar-refractivity contribution in [2.45, 2.75) is 25.4 Å². The lowest BCUT2D eigenvalue weighted by molar-refractivity contribution is -0.141. The van der Waals surface area contributed by atoms with Crippen molar-refractivity contribution in [2.75, 3.05) is 33.9 Å². The number of hydrogen-bond donors (Lipinski definition) is 1. The second-order valence-electron chi connectivity index (χ2n) is 7.45. The summed E-state index contributed by atoms with van der Waals surface area (Å²) in [7, 11) is 2.97. The van der Waals surface area contributed by atoms with Gasteiger partial charge in [-0.1, -0.05) is 6.08 Å². The average Bonchev–Trinajstić information content (AvgIpc) is 3.32. The second kappa shape index (κ2) is 9.78. The highest BCUT2D eigenvalue weighted by molar-refractivity contribution is 6.08. The number of allylic oxidation sites excluding steroid dienone is 1. The summed E-state index contributed by atoms with van der Waals surface area (Å²) in [5.74, 6) is 1.71. The summed E-state index contributed by atoms with van der Waals surface area (Å²) >= 11 is 0. The number of carbonyl (C=O) groups excluding carboxylic acids is 2. The van der Waals surface area contributed by atoms with Gasteiger partial charge >= 0.3 is 5.97 Å². The molecule has 3 heterocycles. The third-order valence-electron chi connectivity index (χ3n) is 5.48. The quantitative estimate of drug-likeness (QED) is 0.284. The van der Waals surface area contributed by atoms with E-state index in [2.05, 4.69) is 26.1 Å². The van der Waals surface area contributed by atoms with E-state index in [1.807, 2.05) is 4.90 Å². The summed E-state index contributed by atoms with van der Waals surface area (Å²) in [5, 5.41) is 3.37. The summed E-state index contributed by atoms with van der Waals surface area (Å²) in [6, 6.07) is 3.47. The van der Waals surface area contributed by atoms with Crippen LogP contribution in [0.25, 0.3) is 0 Å². The summed E-state index contributed by atoms with van der Waals surface area (Å²) in [6.07, 6.45) is 8.01. The lowest BCUT2D eigenvalue weighted by Gasteiger charge is -2.37. The third kappa shape index (κ3) is 4.43. The Morgan fingerprint density at radius 1 is 1.34 bits per heavy atom. The van der Waals surface area contributed by atoms with Crippen LogP contribution >= 0.6 is 0 Å². The molecular weight excluding hydrogens is 412 g/mol. The molecule has 0 radical (unpaired) electrons. The number of ether oxygens (including phenoxy) is 3. The Balaban J connectivity index is 1.56. The van der Waals surface area contributed by atoms with Crippen LogP contribution in [0.4, 0.5) is 0 Å². The molecule has 9 heteroatoms. The fourth-order valence-corrected chi connectivity index (χ4v) is 3.92. The Kier molecular flexibility index (Phi) is 6.65. The molecule has 168 valence electrons. The van der Waals surface area contributed by atoms with Gasteiger partial charge in [-0.2, -0.15) is 0 Å². The number of esters is 1. The zero-order chi connectivity index (χ0) is 22.5. The van der Waals surface area contributed by atoms with Gasteiger partial charge in [-0.05, 0) is 25.0 Å². The molecule has 0 bridgehead atoms. The number of methoxy groups -OCH3 is 2. The molecule has 1 fully saturated rings. The van der Waals surface area contributed by atoms with Gasteiger partial charge in [-0.15, -0.1) is 0 Å². The topological polar surface area (TPSA) is 102 Å². The second-order valence-corrected chi connectivity index (χ2v) is 7.45. The van der Waals surface area contributed by atoms with E-state index in [9.17, 15) is 9.59 Å². The minimum Gasteiger partial charge on any atom is -0.496 e. The van der Waals surface area contributed by atoms with E-state index in [4.69, 9.17) is 9.47 Å². The Bertz CT molecular complexity index is 1010. The van der Waals surface area contributed by atoms with Gasteiger partial charge in [-0.3, -0.25) is 19.6 Å². The molecule has 1 aliphatic carbocycles. The molecule has 0 saturated carbocycles. The minimum absolute atomic E-state index is 0.148. The zero-order valence-corrected chi connectivity index (χ0v) is 18.2. The number of aromatic nitrogens is 1. The van der Waals surface area contributed by atoms with Crippen molar-refractivity contribution in [3.8, 4) is 0 Å². The molecule has 2 aliphatic heterocycles. The molecule has 0 spiro atoms. The first-order chi connectivity index (χ1) is 15.6.